The Hall–Kier alpha value is -4.79. The third kappa shape index (κ3) is 4.07. The largest absolute Gasteiger partial charge is 0.321 e. The van der Waals surface area contributed by atoms with Crippen molar-refractivity contribution in [3.8, 4) is 17.3 Å². The molecular weight excluding hydrogens is 441 g/mol. The number of rotatable bonds is 5. The van der Waals surface area contributed by atoms with Crippen molar-refractivity contribution in [3.05, 3.63) is 87.5 Å². The van der Waals surface area contributed by atoms with Gasteiger partial charge < -0.3 is 5.32 Å². The van der Waals surface area contributed by atoms with Gasteiger partial charge in [-0.05, 0) is 36.4 Å². The van der Waals surface area contributed by atoms with Crippen LogP contribution in [0.3, 0.4) is 0 Å². The molecular formula is C21H11F3N6O3. The summed E-state index contributed by atoms with van der Waals surface area (Å²) in [6.45, 7) is 0. The van der Waals surface area contributed by atoms with E-state index in [9.17, 15) is 33.3 Å². The lowest BCUT2D eigenvalue weighted by atomic mass is 10.1. The summed E-state index contributed by atoms with van der Waals surface area (Å²) >= 11 is 0. The highest BCUT2D eigenvalue weighted by Crippen LogP contribution is 2.28. The number of hydrogen-bond acceptors (Lipinski definition) is 6. The quantitative estimate of drug-likeness (QED) is 0.351. The van der Waals surface area contributed by atoms with Crippen molar-refractivity contribution in [2.45, 2.75) is 6.43 Å². The number of fused-ring (bicyclic) bond motifs is 1. The van der Waals surface area contributed by atoms with Crippen LogP contribution in [0, 0.1) is 27.3 Å². The molecule has 0 aliphatic heterocycles. The number of nitrogens with one attached hydrogen (secondary N) is 1. The van der Waals surface area contributed by atoms with Gasteiger partial charge in [-0.15, -0.1) is 0 Å². The SMILES string of the molecule is N#Cc1cc([N+](=O)[O-])ccc1NC(=O)c1cnn2c(C(F)F)cc(-c3ccc(F)cc3)nc12. The minimum absolute atomic E-state index is 0.0174. The number of nitriles is 1. The molecule has 0 fully saturated rings. The number of halogens is 3. The number of amides is 1. The number of hydrogen-bond donors (Lipinski definition) is 1. The molecule has 0 atom stereocenters. The van der Waals surface area contributed by atoms with Crippen LogP contribution in [0.15, 0.2) is 54.7 Å². The molecule has 0 spiro atoms. The monoisotopic (exact) mass is 452 g/mol. The molecule has 4 rings (SSSR count). The zero-order valence-corrected chi connectivity index (χ0v) is 16.4. The molecule has 0 aliphatic carbocycles. The van der Waals surface area contributed by atoms with E-state index in [0.717, 1.165) is 41.0 Å². The first-order valence-electron chi connectivity index (χ1n) is 9.21. The van der Waals surface area contributed by atoms with E-state index < -0.39 is 28.8 Å². The first-order valence-corrected chi connectivity index (χ1v) is 9.21. The molecule has 1 N–H and O–H groups in total. The van der Waals surface area contributed by atoms with E-state index in [4.69, 9.17) is 0 Å². The summed E-state index contributed by atoms with van der Waals surface area (Å²) in [6, 6.07) is 11.1. The summed E-state index contributed by atoms with van der Waals surface area (Å²) in [4.78, 5) is 27.3. The lowest BCUT2D eigenvalue weighted by Gasteiger charge is -2.09. The fourth-order valence-electron chi connectivity index (χ4n) is 3.11. The average Bonchev–Trinajstić information content (AvgIpc) is 3.23. The minimum atomic E-state index is -2.95. The number of anilines is 1. The Morgan fingerprint density at radius 3 is 2.55 bits per heavy atom. The van der Waals surface area contributed by atoms with Gasteiger partial charge in [-0.2, -0.15) is 10.4 Å². The van der Waals surface area contributed by atoms with Crippen molar-refractivity contribution in [3.63, 3.8) is 0 Å². The summed E-state index contributed by atoms with van der Waals surface area (Å²) in [5.74, 6) is -1.34. The highest BCUT2D eigenvalue weighted by Gasteiger charge is 2.22. The number of non-ortho nitro benzene ring substituents is 1. The maximum atomic E-state index is 13.7. The van der Waals surface area contributed by atoms with E-state index in [2.05, 4.69) is 15.4 Å². The number of aromatic nitrogens is 3. The van der Waals surface area contributed by atoms with Gasteiger partial charge in [0.15, 0.2) is 5.65 Å². The van der Waals surface area contributed by atoms with Gasteiger partial charge in [0.2, 0.25) is 0 Å². The molecule has 2 aromatic carbocycles. The molecule has 164 valence electrons. The summed E-state index contributed by atoms with van der Waals surface area (Å²) in [5, 5.41) is 26.4. The van der Waals surface area contributed by atoms with Crippen LogP contribution >= 0.6 is 0 Å². The van der Waals surface area contributed by atoms with E-state index in [1.54, 1.807) is 6.07 Å². The lowest BCUT2D eigenvalue weighted by molar-refractivity contribution is -0.384. The zero-order valence-electron chi connectivity index (χ0n) is 16.4. The van der Waals surface area contributed by atoms with Crippen molar-refractivity contribution in [2.24, 2.45) is 0 Å². The number of nitro groups is 1. The Labute approximate surface area is 182 Å². The Morgan fingerprint density at radius 2 is 1.91 bits per heavy atom. The van der Waals surface area contributed by atoms with Crippen molar-refractivity contribution in [1.29, 1.82) is 5.26 Å². The number of nitrogens with zero attached hydrogens (tertiary/aromatic N) is 5. The van der Waals surface area contributed by atoms with E-state index in [0.29, 0.717) is 5.56 Å². The van der Waals surface area contributed by atoms with Gasteiger partial charge in [-0.25, -0.2) is 22.7 Å². The maximum Gasteiger partial charge on any atom is 0.280 e. The van der Waals surface area contributed by atoms with Crippen LogP contribution in [0.25, 0.3) is 16.9 Å². The summed E-state index contributed by atoms with van der Waals surface area (Å²) in [5.41, 5.74) is -1.01. The van der Waals surface area contributed by atoms with E-state index in [1.807, 2.05) is 0 Å². The summed E-state index contributed by atoms with van der Waals surface area (Å²) < 4.78 is 41.4. The second kappa shape index (κ2) is 8.39. The molecule has 2 aromatic heterocycles. The Balaban J connectivity index is 1.78. The average molecular weight is 452 g/mol. The smallest absolute Gasteiger partial charge is 0.280 e. The first kappa shape index (κ1) is 21.4. The fraction of sp³-hybridized carbons (Fsp3) is 0.0476. The molecule has 2 heterocycles. The van der Waals surface area contributed by atoms with E-state index >= 15 is 0 Å². The molecule has 9 nitrogen and oxygen atoms in total. The van der Waals surface area contributed by atoms with Crippen molar-refractivity contribution in [2.75, 3.05) is 5.32 Å². The van der Waals surface area contributed by atoms with Crippen LogP contribution in [-0.4, -0.2) is 25.4 Å². The van der Waals surface area contributed by atoms with Gasteiger partial charge in [0.1, 0.15) is 23.1 Å². The lowest BCUT2D eigenvalue weighted by Crippen LogP contribution is -2.14. The number of benzene rings is 2. The second-order valence-corrected chi connectivity index (χ2v) is 6.72. The number of carbonyl (C=O) groups excluding carboxylic acids is 1. The van der Waals surface area contributed by atoms with Crippen molar-refractivity contribution in [1.82, 2.24) is 14.6 Å². The predicted octanol–water partition coefficient (Wildman–Crippen LogP) is 4.51. The van der Waals surface area contributed by atoms with Crippen LogP contribution in [-0.2, 0) is 0 Å². The van der Waals surface area contributed by atoms with Crippen LogP contribution in [0.1, 0.15) is 28.0 Å². The highest BCUT2D eigenvalue weighted by molar-refractivity contribution is 6.08. The fourth-order valence-corrected chi connectivity index (χ4v) is 3.11. The summed E-state index contributed by atoms with van der Waals surface area (Å²) in [7, 11) is 0. The third-order valence-corrected chi connectivity index (χ3v) is 4.69. The number of carbonyl (C=O) groups is 1. The molecule has 0 unspecified atom stereocenters. The van der Waals surface area contributed by atoms with Crippen LogP contribution < -0.4 is 5.32 Å². The first-order chi connectivity index (χ1) is 15.8. The third-order valence-electron chi connectivity index (χ3n) is 4.69. The second-order valence-electron chi connectivity index (χ2n) is 6.72. The normalized spacial score (nSPS) is 10.9. The standard InChI is InChI=1S/C21H11F3N6O3/c22-13-3-1-11(2-4-13)17-8-18(19(23)24)29-20(27-17)15(10-26-29)21(31)28-16-6-5-14(30(32)33)7-12(16)9-25/h1-8,10,19H,(H,28,31). The van der Waals surface area contributed by atoms with Crippen LogP contribution in [0.2, 0.25) is 0 Å². The molecule has 0 radical (unpaired) electrons. The molecule has 4 aromatic rings. The maximum absolute atomic E-state index is 13.7. The number of alkyl halides is 2. The minimum Gasteiger partial charge on any atom is -0.321 e. The van der Waals surface area contributed by atoms with Crippen LogP contribution in [0.4, 0.5) is 24.5 Å². The van der Waals surface area contributed by atoms with Gasteiger partial charge in [0, 0.05) is 17.7 Å². The van der Waals surface area contributed by atoms with Gasteiger partial charge in [0.25, 0.3) is 18.0 Å². The van der Waals surface area contributed by atoms with Crippen molar-refractivity contribution < 1.29 is 22.9 Å². The van der Waals surface area contributed by atoms with Gasteiger partial charge in [-0.3, -0.25) is 14.9 Å². The predicted molar refractivity (Wildman–Crippen MR) is 109 cm³/mol. The van der Waals surface area contributed by atoms with Gasteiger partial charge in [-0.1, -0.05) is 0 Å². The zero-order chi connectivity index (χ0) is 23.7. The van der Waals surface area contributed by atoms with Crippen molar-refractivity contribution >= 4 is 22.9 Å². The topological polar surface area (TPSA) is 126 Å². The van der Waals surface area contributed by atoms with E-state index in [-0.39, 0.29) is 33.8 Å². The number of nitro benzene ring substituents is 1. The molecule has 33 heavy (non-hydrogen) atoms. The van der Waals surface area contributed by atoms with E-state index in [1.165, 1.54) is 18.2 Å². The molecule has 0 saturated carbocycles. The summed E-state index contributed by atoms with van der Waals surface area (Å²) in [6.07, 6.45) is -1.92. The molecule has 12 heteroatoms. The Morgan fingerprint density at radius 1 is 1.18 bits per heavy atom. The molecule has 0 saturated heterocycles. The molecule has 0 aliphatic rings. The Bertz CT molecular complexity index is 1440. The Kier molecular flexibility index (Phi) is 5.45. The van der Waals surface area contributed by atoms with Crippen LogP contribution in [0.5, 0.6) is 0 Å². The van der Waals surface area contributed by atoms with Gasteiger partial charge >= 0.3 is 0 Å². The highest BCUT2D eigenvalue weighted by atomic mass is 19.3. The van der Waals surface area contributed by atoms with Gasteiger partial charge in [0.05, 0.1) is 28.1 Å². The molecule has 1 amide bonds. The molecule has 0 bridgehead atoms.